The molecule has 150 valence electrons. The number of rotatable bonds is 3. The molecule has 3 aromatic carbocycles. The highest BCUT2D eigenvalue weighted by Gasteiger charge is 2.29. The first-order valence-corrected chi connectivity index (χ1v) is 10.9. The van der Waals surface area contributed by atoms with Crippen molar-refractivity contribution < 1.29 is 4.79 Å². The highest BCUT2D eigenvalue weighted by Crippen LogP contribution is 2.31. The monoisotopic (exact) mass is 415 g/mol. The molecule has 1 aliphatic rings. The number of hydrogen-bond acceptors (Lipinski definition) is 4. The van der Waals surface area contributed by atoms with Crippen LogP contribution in [-0.4, -0.2) is 27.3 Å². The topological polar surface area (TPSA) is 55.2 Å². The number of para-hydroxylation sites is 1. The number of carbonyl (C=O) groups is 1. The molecule has 5 rings (SSSR count). The molecule has 0 fully saturated rings. The van der Waals surface area contributed by atoms with Crippen molar-refractivity contribution in [3.8, 4) is 0 Å². The van der Waals surface area contributed by atoms with E-state index in [2.05, 4.69) is 6.07 Å². The molecule has 4 aromatic rings. The number of benzene rings is 3. The average molecular weight is 416 g/mol. The predicted molar refractivity (Wildman–Crippen MR) is 122 cm³/mol. The normalized spacial score (nSPS) is 14.3. The van der Waals surface area contributed by atoms with Crippen LogP contribution in [0, 0.1) is 0 Å². The molecule has 1 aliphatic heterocycles. The summed E-state index contributed by atoms with van der Waals surface area (Å²) in [6.45, 7) is 2.57. The van der Waals surface area contributed by atoms with Crippen molar-refractivity contribution >= 4 is 45.0 Å². The molecule has 30 heavy (non-hydrogen) atoms. The first-order chi connectivity index (χ1) is 14.5. The van der Waals surface area contributed by atoms with Crippen molar-refractivity contribution in [2.45, 2.75) is 23.8 Å². The molecule has 0 spiro atoms. The van der Waals surface area contributed by atoms with Crippen LogP contribution in [0.1, 0.15) is 12.5 Å². The van der Waals surface area contributed by atoms with Crippen LogP contribution in [0.25, 0.3) is 21.7 Å². The molecule has 0 bridgehead atoms. The number of aromatic nitrogens is 2. The fraction of sp³-hybridized carbons (Fsp3) is 0.208. The first kappa shape index (κ1) is 18.9. The Labute approximate surface area is 178 Å². The Balaban J connectivity index is 1.49. The van der Waals surface area contributed by atoms with Crippen LogP contribution in [0.15, 0.2) is 70.6 Å². The number of carbonyl (C=O) groups excluding carboxylic acids is 1. The summed E-state index contributed by atoms with van der Waals surface area (Å²) in [5.74, 6) is 0.0396. The summed E-state index contributed by atoms with van der Waals surface area (Å²) in [5, 5.41) is 2.84. The van der Waals surface area contributed by atoms with Gasteiger partial charge in [-0.1, -0.05) is 54.2 Å². The lowest BCUT2D eigenvalue weighted by Crippen LogP contribution is -2.35. The van der Waals surface area contributed by atoms with Crippen molar-refractivity contribution in [2.24, 2.45) is 7.05 Å². The summed E-state index contributed by atoms with van der Waals surface area (Å²) in [6, 6.07) is 19.8. The summed E-state index contributed by atoms with van der Waals surface area (Å²) in [7, 11) is 1.72. The second kappa shape index (κ2) is 7.29. The Morgan fingerprint density at radius 1 is 1.07 bits per heavy atom. The number of fused-ring (bicyclic) bond motifs is 3. The Bertz CT molecular complexity index is 1360. The molecule has 1 atom stereocenters. The van der Waals surface area contributed by atoms with E-state index in [0.29, 0.717) is 22.6 Å². The first-order valence-electron chi connectivity index (χ1n) is 9.98. The molecule has 0 N–H and O–H groups in total. The van der Waals surface area contributed by atoms with Crippen molar-refractivity contribution in [3.05, 3.63) is 76.6 Å². The van der Waals surface area contributed by atoms with Crippen LogP contribution in [-0.2, 0) is 18.3 Å². The third-order valence-corrected chi connectivity index (χ3v) is 6.82. The summed E-state index contributed by atoms with van der Waals surface area (Å²) in [6.07, 6.45) is 0.874. The van der Waals surface area contributed by atoms with Gasteiger partial charge in [-0.3, -0.25) is 14.2 Å². The SMILES string of the molecule is C[C@H](Sc1nc2cc3ccccc3cc2c(=O)n1C)C(=O)N1CCc2ccccc21. The van der Waals surface area contributed by atoms with Crippen LogP contribution in [0.5, 0.6) is 0 Å². The molecular weight excluding hydrogens is 394 g/mol. The Morgan fingerprint density at radius 3 is 2.57 bits per heavy atom. The van der Waals surface area contributed by atoms with Gasteiger partial charge in [-0.2, -0.15) is 0 Å². The maximum Gasteiger partial charge on any atom is 0.261 e. The quantitative estimate of drug-likeness (QED) is 0.286. The van der Waals surface area contributed by atoms with E-state index in [9.17, 15) is 9.59 Å². The van der Waals surface area contributed by atoms with Gasteiger partial charge < -0.3 is 4.90 Å². The van der Waals surface area contributed by atoms with Gasteiger partial charge in [0.1, 0.15) is 0 Å². The largest absolute Gasteiger partial charge is 0.311 e. The lowest BCUT2D eigenvalue weighted by molar-refractivity contribution is -0.117. The predicted octanol–water partition coefficient (Wildman–Crippen LogP) is 4.16. The average Bonchev–Trinajstić information content (AvgIpc) is 3.20. The molecule has 0 unspecified atom stereocenters. The Hall–Kier alpha value is -3.12. The third-order valence-electron chi connectivity index (χ3n) is 5.69. The van der Waals surface area contributed by atoms with E-state index < -0.39 is 0 Å². The van der Waals surface area contributed by atoms with Gasteiger partial charge in [-0.15, -0.1) is 0 Å². The van der Waals surface area contributed by atoms with Crippen LogP contribution < -0.4 is 10.5 Å². The van der Waals surface area contributed by atoms with Crippen molar-refractivity contribution in [1.29, 1.82) is 0 Å². The summed E-state index contributed by atoms with van der Waals surface area (Å²) in [4.78, 5) is 32.7. The van der Waals surface area contributed by atoms with Crippen LogP contribution in [0.2, 0.25) is 0 Å². The molecule has 1 aromatic heterocycles. The van der Waals surface area contributed by atoms with Crippen LogP contribution >= 0.6 is 11.8 Å². The van der Waals surface area contributed by atoms with E-state index in [0.717, 1.165) is 22.9 Å². The van der Waals surface area contributed by atoms with E-state index in [1.165, 1.54) is 17.3 Å². The minimum atomic E-state index is -0.354. The van der Waals surface area contributed by atoms with Crippen molar-refractivity contribution in [3.63, 3.8) is 0 Å². The molecule has 0 aliphatic carbocycles. The lowest BCUT2D eigenvalue weighted by Gasteiger charge is -2.21. The fourth-order valence-electron chi connectivity index (χ4n) is 4.04. The van der Waals surface area contributed by atoms with Gasteiger partial charge >= 0.3 is 0 Å². The maximum absolute atomic E-state index is 13.1. The van der Waals surface area contributed by atoms with Gasteiger partial charge in [-0.25, -0.2) is 4.98 Å². The standard InChI is InChI=1S/C24H21N3O2S/c1-15(22(28)27-12-11-16-7-5-6-10-21(16)27)30-24-25-20-14-18-9-4-3-8-17(18)13-19(20)23(29)26(24)2/h3-10,13-15H,11-12H2,1-2H3/t15-/m0/s1. The zero-order valence-corrected chi connectivity index (χ0v) is 17.6. The van der Waals surface area contributed by atoms with Gasteiger partial charge in [0, 0.05) is 19.3 Å². The molecular formula is C24H21N3O2S. The smallest absolute Gasteiger partial charge is 0.261 e. The summed E-state index contributed by atoms with van der Waals surface area (Å²) < 4.78 is 1.55. The summed E-state index contributed by atoms with van der Waals surface area (Å²) >= 11 is 1.33. The zero-order valence-electron chi connectivity index (χ0n) is 16.8. The minimum absolute atomic E-state index is 0.0396. The van der Waals surface area contributed by atoms with Crippen molar-refractivity contribution in [2.75, 3.05) is 11.4 Å². The van der Waals surface area contributed by atoms with Crippen LogP contribution in [0.4, 0.5) is 5.69 Å². The number of nitrogens with zero attached hydrogens (tertiary/aromatic N) is 3. The molecule has 0 saturated heterocycles. The second-order valence-electron chi connectivity index (χ2n) is 7.60. The van der Waals surface area contributed by atoms with E-state index in [1.807, 2.05) is 66.4 Å². The minimum Gasteiger partial charge on any atom is -0.311 e. The number of amides is 1. The molecule has 0 saturated carbocycles. The van der Waals surface area contributed by atoms with E-state index in [4.69, 9.17) is 4.98 Å². The summed E-state index contributed by atoms with van der Waals surface area (Å²) in [5.41, 5.74) is 2.75. The molecule has 6 heteroatoms. The van der Waals surface area contributed by atoms with E-state index in [1.54, 1.807) is 11.6 Å². The lowest BCUT2D eigenvalue weighted by atomic mass is 10.1. The van der Waals surface area contributed by atoms with Gasteiger partial charge in [-0.05, 0) is 47.9 Å². The van der Waals surface area contributed by atoms with Crippen LogP contribution in [0.3, 0.4) is 0 Å². The number of hydrogen-bond donors (Lipinski definition) is 0. The number of anilines is 1. The van der Waals surface area contributed by atoms with E-state index >= 15 is 0 Å². The number of thioether (sulfide) groups is 1. The van der Waals surface area contributed by atoms with Gasteiger partial charge in [0.2, 0.25) is 5.91 Å². The Kier molecular flexibility index (Phi) is 4.59. The fourth-order valence-corrected chi connectivity index (χ4v) is 4.97. The maximum atomic E-state index is 13.1. The van der Waals surface area contributed by atoms with Gasteiger partial charge in [0.05, 0.1) is 16.2 Å². The molecule has 2 heterocycles. The molecule has 0 radical (unpaired) electrons. The zero-order chi connectivity index (χ0) is 20.8. The molecule has 1 amide bonds. The van der Waals surface area contributed by atoms with Gasteiger partial charge in [0.25, 0.3) is 5.56 Å². The molecule has 5 nitrogen and oxygen atoms in total. The van der Waals surface area contributed by atoms with E-state index in [-0.39, 0.29) is 16.7 Å². The Morgan fingerprint density at radius 2 is 1.77 bits per heavy atom. The van der Waals surface area contributed by atoms with Gasteiger partial charge in [0.15, 0.2) is 5.16 Å². The highest BCUT2D eigenvalue weighted by atomic mass is 32.2. The second-order valence-corrected chi connectivity index (χ2v) is 8.91. The van der Waals surface area contributed by atoms with Crippen molar-refractivity contribution in [1.82, 2.24) is 9.55 Å². The third kappa shape index (κ3) is 3.08. The highest BCUT2D eigenvalue weighted by molar-refractivity contribution is 8.00.